The van der Waals surface area contributed by atoms with Gasteiger partial charge >= 0.3 is 0 Å². The van der Waals surface area contributed by atoms with Gasteiger partial charge in [-0.1, -0.05) is 6.07 Å². The molecule has 0 radical (unpaired) electrons. The van der Waals surface area contributed by atoms with Crippen LogP contribution in [-0.4, -0.2) is 34.9 Å². The van der Waals surface area contributed by atoms with Gasteiger partial charge in [-0.2, -0.15) is 0 Å². The molecular weight excluding hydrogens is 238 g/mol. The number of rotatable bonds is 5. The van der Waals surface area contributed by atoms with Gasteiger partial charge in [-0.25, -0.2) is 4.98 Å². The van der Waals surface area contributed by atoms with Crippen molar-refractivity contribution in [3.63, 3.8) is 0 Å². The summed E-state index contributed by atoms with van der Waals surface area (Å²) in [4.78, 5) is 18.6. The van der Waals surface area contributed by atoms with E-state index in [1.54, 1.807) is 6.07 Å². The van der Waals surface area contributed by atoms with E-state index in [2.05, 4.69) is 31.1 Å². The predicted octanol–water partition coefficient (Wildman–Crippen LogP) is 2.77. The Morgan fingerprint density at radius 3 is 2.63 bits per heavy atom. The molecule has 1 saturated carbocycles. The van der Waals surface area contributed by atoms with Gasteiger partial charge in [-0.05, 0) is 51.7 Å². The van der Waals surface area contributed by atoms with Gasteiger partial charge in [0.2, 0.25) is 0 Å². The zero-order valence-corrected chi connectivity index (χ0v) is 12.2. The average molecular weight is 261 g/mol. The van der Waals surface area contributed by atoms with Crippen LogP contribution in [0.25, 0.3) is 0 Å². The Bertz CT molecular complexity index is 454. The number of aromatic nitrogens is 1. The molecule has 0 aliphatic heterocycles. The highest BCUT2D eigenvalue weighted by molar-refractivity contribution is 5.92. The van der Waals surface area contributed by atoms with E-state index >= 15 is 0 Å². The zero-order chi connectivity index (χ0) is 14.0. The molecule has 1 heterocycles. The molecule has 1 aromatic rings. The number of amides is 1. The van der Waals surface area contributed by atoms with E-state index in [-0.39, 0.29) is 5.91 Å². The quantitative estimate of drug-likeness (QED) is 0.886. The van der Waals surface area contributed by atoms with Gasteiger partial charge in [-0.15, -0.1) is 0 Å². The molecular formula is C15H23N3O. The first-order valence-electron chi connectivity index (χ1n) is 6.99. The van der Waals surface area contributed by atoms with Crippen LogP contribution in [0, 0.1) is 5.92 Å². The Morgan fingerprint density at radius 1 is 1.37 bits per heavy atom. The molecule has 1 aliphatic rings. The summed E-state index contributed by atoms with van der Waals surface area (Å²) in [5.41, 5.74) is 0.514. The lowest BCUT2D eigenvalue weighted by Gasteiger charge is -2.24. The van der Waals surface area contributed by atoms with Crippen LogP contribution in [-0.2, 0) is 0 Å². The van der Waals surface area contributed by atoms with Gasteiger partial charge < -0.3 is 10.2 Å². The highest BCUT2D eigenvalue weighted by Gasteiger charge is 2.33. The summed E-state index contributed by atoms with van der Waals surface area (Å²) in [6, 6.07) is 6.16. The number of pyridine rings is 1. The summed E-state index contributed by atoms with van der Waals surface area (Å²) in [5, 5.41) is 3.22. The summed E-state index contributed by atoms with van der Waals surface area (Å²) in [7, 11) is 1.87. The standard InChI is InChI=1S/C15H23N3O/c1-10(2)16-14-7-5-6-13(17-14)15(19)18(4)11(3)12-8-9-12/h5-7,10-12H,8-9H2,1-4H3,(H,16,17). The number of nitrogens with one attached hydrogen (secondary N) is 1. The molecule has 1 aromatic heterocycles. The second kappa shape index (κ2) is 5.59. The molecule has 0 bridgehead atoms. The number of hydrogen-bond donors (Lipinski definition) is 1. The Morgan fingerprint density at radius 2 is 2.05 bits per heavy atom. The fraction of sp³-hybridized carbons (Fsp3) is 0.600. The molecule has 4 heteroatoms. The zero-order valence-electron chi connectivity index (χ0n) is 12.2. The minimum Gasteiger partial charge on any atom is -0.368 e. The third kappa shape index (κ3) is 3.46. The number of anilines is 1. The molecule has 1 aliphatic carbocycles. The predicted molar refractivity (Wildman–Crippen MR) is 77.3 cm³/mol. The second-order valence-corrected chi connectivity index (χ2v) is 5.70. The highest BCUT2D eigenvalue weighted by atomic mass is 16.2. The third-order valence-corrected chi connectivity index (χ3v) is 3.64. The first kappa shape index (κ1) is 13.8. The van der Waals surface area contributed by atoms with Crippen LogP contribution in [0.2, 0.25) is 0 Å². The van der Waals surface area contributed by atoms with Crippen LogP contribution in [0.4, 0.5) is 5.82 Å². The van der Waals surface area contributed by atoms with Gasteiger partial charge in [0, 0.05) is 19.1 Å². The van der Waals surface area contributed by atoms with Crippen molar-refractivity contribution in [1.82, 2.24) is 9.88 Å². The van der Waals surface area contributed by atoms with E-state index in [0.29, 0.717) is 23.7 Å². The summed E-state index contributed by atoms with van der Waals surface area (Å²) >= 11 is 0. The molecule has 19 heavy (non-hydrogen) atoms. The van der Waals surface area contributed by atoms with E-state index in [0.717, 1.165) is 5.82 Å². The average Bonchev–Trinajstić information content (AvgIpc) is 3.20. The maximum atomic E-state index is 12.4. The maximum Gasteiger partial charge on any atom is 0.272 e. The van der Waals surface area contributed by atoms with Crippen molar-refractivity contribution >= 4 is 11.7 Å². The molecule has 1 unspecified atom stereocenters. The van der Waals surface area contributed by atoms with Crippen molar-refractivity contribution in [3.8, 4) is 0 Å². The van der Waals surface area contributed by atoms with Crippen LogP contribution in [0.1, 0.15) is 44.1 Å². The molecule has 1 fully saturated rings. The molecule has 104 valence electrons. The van der Waals surface area contributed by atoms with Crippen LogP contribution in [0.15, 0.2) is 18.2 Å². The van der Waals surface area contributed by atoms with Crippen molar-refractivity contribution in [1.29, 1.82) is 0 Å². The lowest BCUT2D eigenvalue weighted by Crippen LogP contribution is -2.36. The van der Waals surface area contributed by atoms with Crippen molar-refractivity contribution < 1.29 is 4.79 Å². The van der Waals surface area contributed by atoms with Gasteiger partial charge in [0.15, 0.2) is 0 Å². The summed E-state index contributed by atoms with van der Waals surface area (Å²) in [6.07, 6.45) is 2.47. The van der Waals surface area contributed by atoms with E-state index in [1.807, 2.05) is 24.1 Å². The van der Waals surface area contributed by atoms with Crippen LogP contribution in [0.5, 0.6) is 0 Å². The largest absolute Gasteiger partial charge is 0.368 e. The monoisotopic (exact) mass is 261 g/mol. The fourth-order valence-corrected chi connectivity index (χ4v) is 2.19. The molecule has 2 rings (SSSR count). The summed E-state index contributed by atoms with van der Waals surface area (Å²) in [6.45, 7) is 6.22. The van der Waals surface area contributed by atoms with Crippen LogP contribution in [0.3, 0.4) is 0 Å². The third-order valence-electron chi connectivity index (χ3n) is 3.64. The number of hydrogen-bond acceptors (Lipinski definition) is 3. The van der Waals surface area contributed by atoms with E-state index < -0.39 is 0 Å². The van der Waals surface area contributed by atoms with Crippen molar-refractivity contribution in [2.45, 2.75) is 45.7 Å². The lowest BCUT2D eigenvalue weighted by atomic mass is 10.2. The summed E-state index contributed by atoms with van der Waals surface area (Å²) in [5.74, 6) is 1.44. The molecule has 4 nitrogen and oxygen atoms in total. The van der Waals surface area contributed by atoms with E-state index in [9.17, 15) is 4.79 Å². The lowest BCUT2D eigenvalue weighted by molar-refractivity contribution is 0.0721. The smallest absolute Gasteiger partial charge is 0.272 e. The SMILES string of the molecule is CC(C)Nc1cccc(C(=O)N(C)C(C)C2CC2)n1. The van der Waals surface area contributed by atoms with Gasteiger partial charge in [0.1, 0.15) is 11.5 Å². The number of carbonyl (C=O) groups is 1. The molecule has 0 aromatic carbocycles. The first-order chi connectivity index (χ1) is 8.99. The van der Waals surface area contributed by atoms with Crippen LogP contribution < -0.4 is 5.32 Å². The van der Waals surface area contributed by atoms with Gasteiger partial charge in [0.05, 0.1) is 0 Å². The molecule has 1 amide bonds. The van der Waals surface area contributed by atoms with E-state index in [4.69, 9.17) is 0 Å². The topological polar surface area (TPSA) is 45.2 Å². The fourth-order valence-electron chi connectivity index (χ4n) is 2.19. The normalized spacial score (nSPS) is 16.3. The van der Waals surface area contributed by atoms with Gasteiger partial charge in [-0.3, -0.25) is 4.79 Å². The van der Waals surface area contributed by atoms with Crippen LogP contribution >= 0.6 is 0 Å². The first-order valence-corrected chi connectivity index (χ1v) is 6.99. The van der Waals surface area contributed by atoms with Crippen molar-refractivity contribution in [2.24, 2.45) is 5.92 Å². The highest BCUT2D eigenvalue weighted by Crippen LogP contribution is 2.35. The number of nitrogens with zero attached hydrogens (tertiary/aromatic N) is 2. The minimum atomic E-state index is 0.00630. The van der Waals surface area contributed by atoms with Crippen molar-refractivity contribution in [3.05, 3.63) is 23.9 Å². The molecule has 1 N–H and O–H groups in total. The van der Waals surface area contributed by atoms with Gasteiger partial charge in [0.25, 0.3) is 5.91 Å². The number of carbonyl (C=O) groups excluding carboxylic acids is 1. The molecule has 1 atom stereocenters. The Labute approximate surface area is 115 Å². The Kier molecular flexibility index (Phi) is 4.08. The summed E-state index contributed by atoms with van der Waals surface area (Å²) < 4.78 is 0. The second-order valence-electron chi connectivity index (χ2n) is 5.70. The molecule has 0 saturated heterocycles. The van der Waals surface area contributed by atoms with Crippen molar-refractivity contribution in [2.75, 3.05) is 12.4 Å². The minimum absolute atomic E-state index is 0.00630. The Hall–Kier alpha value is -1.58. The van der Waals surface area contributed by atoms with E-state index in [1.165, 1.54) is 12.8 Å². The Balaban J connectivity index is 2.09. The maximum absolute atomic E-state index is 12.4. The molecule has 0 spiro atoms.